The van der Waals surface area contributed by atoms with Crippen LogP contribution in [0.2, 0.25) is 0 Å². The van der Waals surface area contributed by atoms with E-state index < -0.39 is 11.4 Å². The highest BCUT2D eigenvalue weighted by molar-refractivity contribution is 5.93. The fourth-order valence-corrected chi connectivity index (χ4v) is 4.91. The number of halogens is 1. The molecule has 218 valence electrons. The normalized spacial score (nSPS) is 14.0. The first-order chi connectivity index (χ1) is 20.1. The predicted octanol–water partition coefficient (Wildman–Crippen LogP) is 6.10. The van der Waals surface area contributed by atoms with Gasteiger partial charge < -0.3 is 29.5 Å². The van der Waals surface area contributed by atoms with Crippen LogP contribution < -0.4 is 19.5 Å². The molecule has 1 aliphatic heterocycles. The lowest BCUT2D eigenvalue weighted by molar-refractivity contribution is -0.127. The van der Waals surface area contributed by atoms with Crippen LogP contribution in [0.15, 0.2) is 73.6 Å². The lowest BCUT2D eigenvalue weighted by atomic mass is 9.96. The second kappa shape index (κ2) is 12.0. The molecular weight excluding hydrogens is 539 g/mol. The third kappa shape index (κ3) is 6.44. The van der Waals surface area contributed by atoms with Gasteiger partial charge in [-0.25, -0.2) is 14.4 Å². The number of hydrogen-bond acceptors (Lipinski definition) is 8. The highest BCUT2D eigenvalue weighted by atomic mass is 19.1. The molecule has 42 heavy (non-hydrogen) atoms. The van der Waals surface area contributed by atoms with E-state index >= 15 is 0 Å². The van der Waals surface area contributed by atoms with E-state index in [2.05, 4.69) is 21.9 Å². The zero-order valence-electron chi connectivity index (χ0n) is 23.8. The van der Waals surface area contributed by atoms with Gasteiger partial charge >= 0.3 is 0 Å². The molecular formula is C32H33FN4O5. The molecule has 2 heterocycles. The van der Waals surface area contributed by atoms with Gasteiger partial charge in [0.05, 0.1) is 18.2 Å². The standard InChI is InChI=1S/C32H33FN4O5/c1-5-30(38)37-13-11-21(12-14-37)42-29-17-24-27(18-28(29)40-4)34-19-35-31(24)36-26-10-9-23(16-25(26)32(2,3)39)41-22-8-6-7-20(33)15-22/h5-10,15-19,21,39H,1,11-14H2,2-4H3,(H,34,35,36). The number of anilines is 2. The van der Waals surface area contributed by atoms with Gasteiger partial charge in [0.2, 0.25) is 5.91 Å². The molecule has 0 saturated carbocycles. The molecule has 0 bridgehead atoms. The first-order valence-electron chi connectivity index (χ1n) is 13.6. The van der Waals surface area contributed by atoms with E-state index in [1.807, 2.05) is 6.07 Å². The average Bonchev–Trinajstić information content (AvgIpc) is 2.97. The van der Waals surface area contributed by atoms with Gasteiger partial charge in [-0.05, 0) is 56.3 Å². The summed E-state index contributed by atoms with van der Waals surface area (Å²) in [5, 5.41) is 15.0. The second-order valence-corrected chi connectivity index (χ2v) is 10.5. The number of hydrogen-bond donors (Lipinski definition) is 2. The number of amides is 1. The molecule has 5 rings (SSSR count). The highest BCUT2D eigenvalue weighted by Gasteiger charge is 2.25. The third-order valence-electron chi connectivity index (χ3n) is 7.08. The van der Waals surface area contributed by atoms with E-state index in [1.165, 1.54) is 24.5 Å². The van der Waals surface area contributed by atoms with Crippen LogP contribution in [0, 0.1) is 5.82 Å². The van der Waals surface area contributed by atoms with Crippen molar-refractivity contribution in [1.82, 2.24) is 14.9 Å². The van der Waals surface area contributed by atoms with Gasteiger partial charge in [-0.3, -0.25) is 4.79 Å². The maximum absolute atomic E-state index is 13.7. The highest BCUT2D eigenvalue weighted by Crippen LogP contribution is 2.39. The molecule has 1 fully saturated rings. The number of rotatable bonds is 9. The van der Waals surface area contributed by atoms with Gasteiger partial charge in [0.25, 0.3) is 0 Å². The van der Waals surface area contributed by atoms with Crippen LogP contribution in [0.25, 0.3) is 10.9 Å². The maximum atomic E-state index is 13.7. The Labute approximate surface area is 243 Å². The summed E-state index contributed by atoms with van der Waals surface area (Å²) in [7, 11) is 1.57. The monoisotopic (exact) mass is 572 g/mol. The maximum Gasteiger partial charge on any atom is 0.245 e. The number of aromatic nitrogens is 2. The third-order valence-corrected chi connectivity index (χ3v) is 7.08. The first kappa shape index (κ1) is 28.8. The van der Waals surface area contributed by atoms with Gasteiger partial charge in [-0.1, -0.05) is 12.6 Å². The summed E-state index contributed by atoms with van der Waals surface area (Å²) >= 11 is 0. The van der Waals surface area contributed by atoms with Crippen molar-refractivity contribution in [2.45, 2.75) is 38.4 Å². The van der Waals surface area contributed by atoms with Gasteiger partial charge in [0.1, 0.15) is 35.6 Å². The second-order valence-electron chi connectivity index (χ2n) is 10.5. The Bertz CT molecular complexity index is 1610. The van der Waals surface area contributed by atoms with Crippen molar-refractivity contribution in [1.29, 1.82) is 0 Å². The largest absolute Gasteiger partial charge is 0.493 e. The smallest absolute Gasteiger partial charge is 0.245 e. The summed E-state index contributed by atoms with van der Waals surface area (Å²) in [5.74, 6) is 1.88. The Kier molecular flexibility index (Phi) is 8.26. The Morgan fingerprint density at radius 2 is 1.86 bits per heavy atom. The fraction of sp³-hybridized carbons (Fsp3) is 0.281. The molecule has 1 saturated heterocycles. The van der Waals surface area contributed by atoms with E-state index in [9.17, 15) is 14.3 Å². The lowest BCUT2D eigenvalue weighted by Crippen LogP contribution is -2.41. The van der Waals surface area contributed by atoms with E-state index in [0.29, 0.717) is 76.9 Å². The summed E-state index contributed by atoms with van der Waals surface area (Å²) in [6, 6.07) is 14.7. The first-order valence-corrected chi connectivity index (χ1v) is 13.6. The van der Waals surface area contributed by atoms with Gasteiger partial charge in [-0.2, -0.15) is 0 Å². The molecule has 0 aliphatic carbocycles. The van der Waals surface area contributed by atoms with Crippen molar-refractivity contribution >= 4 is 28.3 Å². The Hall–Kier alpha value is -4.70. The molecule has 9 nitrogen and oxygen atoms in total. The van der Waals surface area contributed by atoms with Crippen LogP contribution in [0.5, 0.6) is 23.0 Å². The quantitative estimate of drug-likeness (QED) is 0.232. The number of benzene rings is 3. The van der Waals surface area contributed by atoms with E-state index in [0.717, 1.165) is 0 Å². The van der Waals surface area contributed by atoms with Crippen LogP contribution in [-0.2, 0) is 10.4 Å². The van der Waals surface area contributed by atoms with Crippen molar-refractivity contribution in [3.63, 3.8) is 0 Å². The van der Waals surface area contributed by atoms with Crippen LogP contribution in [-0.4, -0.2) is 52.2 Å². The zero-order valence-corrected chi connectivity index (χ0v) is 23.8. The minimum absolute atomic E-state index is 0.0800. The topological polar surface area (TPSA) is 106 Å². The van der Waals surface area contributed by atoms with Crippen molar-refractivity contribution in [3.8, 4) is 23.0 Å². The Morgan fingerprint density at radius 1 is 1.10 bits per heavy atom. The zero-order chi connectivity index (χ0) is 29.9. The molecule has 0 atom stereocenters. The molecule has 4 aromatic rings. The SMILES string of the molecule is C=CC(=O)N1CCC(Oc2cc3c(Nc4ccc(Oc5cccc(F)c5)cc4C(C)(C)O)ncnc3cc2OC)CC1. The van der Waals surface area contributed by atoms with E-state index in [-0.39, 0.29) is 12.0 Å². The summed E-state index contributed by atoms with van der Waals surface area (Å²) in [6.07, 6.45) is 4.03. The Balaban J connectivity index is 1.44. The van der Waals surface area contributed by atoms with Crippen molar-refractivity contribution in [2.75, 3.05) is 25.5 Å². The predicted molar refractivity (Wildman–Crippen MR) is 158 cm³/mol. The fourth-order valence-electron chi connectivity index (χ4n) is 4.91. The molecule has 3 aromatic carbocycles. The molecule has 1 amide bonds. The minimum Gasteiger partial charge on any atom is -0.493 e. The number of nitrogens with one attached hydrogen (secondary N) is 1. The molecule has 10 heteroatoms. The molecule has 1 aliphatic rings. The van der Waals surface area contributed by atoms with Gasteiger partial charge in [-0.15, -0.1) is 0 Å². The van der Waals surface area contributed by atoms with Crippen molar-refractivity contribution in [3.05, 3.63) is 85.0 Å². The van der Waals surface area contributed by atoms with Gasteiger partial charge in [0, 0.05) is 54.7 Å². The van der Waals surface area contributed by atoms with Crippen LogP contribution >= 0.6 is 0 Å². The average molecular weight is 573 g/mol. The molecule has 1 aromatic heterocycles. The van der Waals surface area contributed by atoms with Gasteiger partial charge in [0.15, 0.2) is 11.5 Å². The van der Waals surface area contributed by atoms with Crippen molar-refractivity contribution in [2.24, 2.45) is 0 Å². The number of nitrogens with zero attached hydrogens (tertiary/aromatic N) is 3. The number of piperidine rings is 1. The number of methoxy groups -OCH3 is 1. The number of carbonyl (C=O) groups excluding carboxylic acids is 1. The van der Waals surface area contributed by atoms with Crippen LogP contribution in [0.3, 0.4) is 0 Å². The van der Waals surface area contributed by atoms with Crippen LogP contribution in [0.1, 0.15) is 32.3 Å². The minimum atomic E-state index is -1.24. The summed E-state index contributed by atoms with van der Waals surface area (Å²) < 4.78 is 31.5. The molecule has 0 spiro atoms. The van der Waals surface area contributed by atoms with Crippen LogP contribution in [0.4, 0.5) is 15.9 Å². The van der Waals surface area contributed by atoms with E-state index in [1.54, 1.807) is 62.3 Å². The molecule has 2 N–H and O–H groups in total. The number of ether oxygens (including phenoxy) is 3. The number of carbonyl (C=O) groups is 1. The summed E-state index contributed by atoms with van der Waals surface area (Å²) in [4.78, 5) is 22.6. The number of fused-ring (bicyclic) bond motifs is 1. The number of aliphatic hydroxyl groups is 1. The lowest BCUT2D eigenvalue weighted by Gasteiger charge is -2.31. The summed E-state index contributed by atoms with van der Waals surface area (Å²) in [6.45, 7) is 8.07. The summed E-state index contributed by atoms with van der Waals surface area (Å²) in [5.41, 5.74) is 0.547. The Morgan fingerprint density at radius 3 is 2.55 bits per heavy atom. The van der Waals surface area contributed by atoms with E-state index in [4.69, 9.17) is 14.2 Å². The van der Waals surface area contributed by atoms with Crippen molar-refractivity contribution < 1.29 is 28.5 Å². The molecule has 0 unspecified atom stereocenters. The number of likely N-dealkylation sites (tertiary alicyclic amines) is 1. The molecule has 0 radical (unpaired) electrons.